The van der Waals surface area contributed by atoms with Crippen molar-refractivity contribution in [3.8, 4) is 16.9 Å². The standard InChI is InChI=1S/C23H27NO4/c1-27-21-5-3-2-4-20(21)18-8-6-17(7-9-18)14-23(10-12-28-13-11-23)22(26)24-15-19(25)16-24/h2-9,19,25H,10-16H2,1H3. The minimum Gasteiger partial charge on any atom is -0.496 e. The van der Waals surface area contributed by atoms with Gasteiger partial charge in [0.05, 0.1) is 18.6 Å². The van der Waals surface area contributed by atoms with Gasteiger partial charge in [0.1, 0.15) is 5.75 Å². The zero-order valence-electron chi connectivity index (χ0n) is 16.3. The van der Waals surface area contributed by atoms with Crippen LogP contribution in [-0.4, -0.2) is 55.4 Å². The molecule has 5 nitrogen and oxygen atoms in total. The van der Waals surface area contributed by atoms with Crippen LogP contribution in [0.3, 0.4) is 0 Å². The Morgan fingerprint density at radius 3 is 2.46 bits per heavy atom. The van der Waals surface area contributed by atoms with Crippen molar-refractivity contribution < 1.29 is 19.4 Å². The molecular formula is C23H27NO4. The first-order chi connectivity index (χ1) is 13.6. The van der Waals surface area contributed by atoms with E-state index in [2.05, 4.69) is 24.3 Å². The molecule has 148 valence electrons. The third-order valence-corrected chi connectivity index (χ3v) is 5.97. The van der Waals surface area contributed by atoms with E-state index in [1.54, 1.807) is 12.0 Å². The van der Waals surface area contributed by atoms with Gasteiger partial charge in [0.25, 0.3) is 0 Å². The lowest BCUT2D eigenvalue weighted by Crippen LogP contribution is -2.59. The number of nitrogens with zero attached hydrogens (tertiary/aromatic N) is 1. The molecule has 0 aliphatic carbocycles. The molecule has 2 heterocycles. The van der Waals surface area contributed by atoms with Crippen LogP contribution in [0, 0.1) is 5.41 Å². The Bertz CT molecular complexity index is 821. The number of ether oxygens (including phenoxy) is 2. The molecule has 28 heavy (non-hydrogen) atoms. The quantitative estimate of drug-likeness (QED) is 0.865. The average Bonchev–Trinajstić information content (AvgIpc) is 2.72. The predicted octanol–water partition coefficient (Wildman–Crippen LogP) is 2.90. The molecule has 2 aliphatic heterocycles. The number of amides is 1. The summed E-state index contributed by atoms with van der Waals surface area (Å²) in [4.78, 5) is 15.0. The highest BCUT2D eigenvalue weighted by Crippen LogP contribution is 2.38. The van der Waals surface area contributed by atoms with Crippen LogP contribution in [0.1, 0.15) is 18.4 Å². The van der Waals surface area contributed by atoms with Gasteiger partial charge in [-0.05, 0) is 36.5 Å². The number of carbonyl (C=O) groups is 1. The number of likely N-dealkylation sites (tertiary alicyclic amines) is 1. The predicted molar refractivity (Wildman–Crippen MR) is 107 cm³/mol. The van der Waals surface area contributed by atoms with Crippen molar-refractivity contribution in [2.45, 2.75) is 25.4 Å². The highest BCUT2D eigenvalue weighted by molar-refractivity contribution is 5.84. The van der Waals surface area contributed by atoms with Gasteiger partial charge in [-0.3, -0.25) is 4.79 Å². The van der Waals surface area contributed by atoms with Crippen LogP contribution in [0.5, 0.6) is 5.75 Å². The van der Waals surface area contributed by atoms with Crippen LogP contribution < -0.4 is 4.74 Å². The zero-order valence-corrected chi connectivity index (χ0v) is 16.3. The number of aliphatic hydroxyl groups excluding tert-OH is 1. The molecule has 1 amide bonds. The van der Waals surface area contributed by atoms with E-state index in [1.807, 2.05) is 24.3 Å². The molecule has 0 atom stereocenters. The number of hydrogen-bond donors (Lipinski definition) is 1. The Balaban J connectivity index is 1.55. The topological polar surface area (TPSA) is 59.0 Å². The summed E-state index contributed by atoms with van der Waals surface area (Å²) < 4.78 is 11.0. The van der Waals surface area contributed by atoms with E-state index in [9.17, 15) is 9.90 Å². The van der Waals surface area contributed by atoms with Gasteiger partial charge in [-0.2, -0.15) is 0 Å². The van der Waals surface area contributed by atoms with Gasteiger partial charge in [-0.15, -0.1) is 0 Å². The number of β-amino-alcohol motifs (C(OH)–C–C–N with tert-alkyl or cyclic N) is 1. The average molecular weight is 381 g/mol. The second kappa shape index (κ2) is 7.94. The fraction of sp³-hybridized carbons (Fsp3) is 0.435. The number of hydrogen-bond acceptors (Lipinski definition) is 4. The van der Waals surface area contributed by atoms with Crippen LogP contribution in [0.25, 0.3) is 11.1 Å². The van der Waals surface area contributed by atoms with Crippen LogP contribution in [0.4, 0.5) is 0 Å². The minimum atomic E-state index is -0.426. The molecule has 1 N–H and O–H groups in total. The van der Waals surface area contributed by atoms with E-state index >= 15 is 0 Å². The maximum Gasteiger partial charge on any atom is 0.229 e. The summed E-state index contributed by atoms with van der Waals surface area (Å²) in [5.74, 6) is 1.01. The molecule has 4 rings (SSSR count). The fourth-order valence-corrected chi connectivity index (χ4v) is 4.26. The van der Waals surface area contributed by atoms with E-state index in [-0.39, 0.29) is 12.0 Å². The van der Waals surface area contributed by atoms with Gasteiger partial charge in [0.2, 0.25) is 5.91 Å². The lowest BCUT2D eigenvalue weighted by molar-refractivity contribution is -0.158. The molecule has 0 radical (unpaired) electrons. The fourth-order valence-electron chi connectivity index (χ4n) is 4.26. The number of benzene rings is 2. The van der Waals surface area contributed by atoms with E-state index in [0.717, 1.165) is 35.3 Å². The summed E-state index contributed by atoms with van der Waals surface area (Å²) in [6.07, 6.45) is 1.79. The van der Waals surface area contributed by atoms with E-state index in [1.165, 1.54) is 0 Å². The second-order valence-corrected chi connectivity index (χ2v) is 7.83. The molecule has 0 unspecified atom stereocenters. The van der Waals surface area contributed by atoms with Gasteiger partial charge in [-0.1, -0.05) is 42.5 Å². The molecule has 5 heteroatoms. The Morgan fingerprint density at radius 1 is 1.14 bits per heavy atom. The highest BCUT2D eigenvalue weighted by Gasteiger charge is 2.45. The first kappa shape index (κ1) is 19.0. The first-order valence-electron chi connectivity index (χ1n) is 9.89. The number of aliphatic hydroxyl groups is 1. The van der Waals surface area contributed by atoms with Gasteiger partial charge in [0.15, 0.2) is 0 Å². The molecule has 0 bridgehead atoms. The SMILES string of the molecule is COc1ccccc1-c1ccc(CC2(C(=O)N3CC(O)C3)CCOCC2)cc1. The summed E-state index contributed by atoms with van der Waals surface area (Å²) in [6, 6.07) is 16.4. The third kappa shape index (κ3) is 3.64. The van der Waals surface area contributed by atoms with Crippen molar-refractivity contribution in [2.24, 2.45) is 5.41 Å². The number of carbonyl (C=O) groups excluding carboxylic acids is 1. The van der Waals surface area contributed by atoms with Crippen LogP contribution in [0.2, 0.25) is 0 Å². The summed E-state index contributed by atoms with van der Waals surface area (Å²) in [6.45, 7) is 2.13. The Hall–Kier alpha value is -2.37. The maximum absolute atomic E-state index is 13.2. The smallest absolute Gasteiger partial charge is 0.229 e. The van der Waals surface area contributed by atoms with Gasteiger partial charge in [-0.25, -0.2) is 0 Å². The summed E-state index contributed by atoms with van der Waals surface area (Å²) in [5.41, 5.74) is 2.88. The van der Waals surface area contributed by atoms with Gasteiger partial charge >= 0.3 is 0 Å². The molecule has 2 aromatic rings. The van der Waals surface area contributed by atoms with Crippen LogP contribution in [0.15, 0.2) is 48.5 Å². The van der Waals surface area contributed by atoms with E-state index in [4.69, 9.17) is 9.47 Å². The van der Waals surface area contributed by atoms with Crippen molar-refractivity contribution in [2.75, 3.05) is 33.4 Å². The van der Waals surface area contributed by atoms with E-state index < -0.39 is 5.41 Å². The molecule has 2 aliphatic rings. The Kier molecular flexibility index (Phi) is 5.38. The zero-order chi connectivity index (χ0) is 19.6. The second-order valence-electron chi connectivity index (χ2n) is 7.83. The van der Waals surface area contributed by atoms with Crippen molar-refractivity contribution >= 4 is 5.91 Å². The molecular weight excluding hydrogens is 354 g/mol. The molecule has 0 spiro atoms. The van der Waals surface area contributed by atoms with Crippen LogP contribution >= 0.6 is 0 Å². The first-order valence-corrected chi connectivity index (χ1v) is 9.89. The largest absolute Gasteiger partial charge is 0.496 e. The highest BCUT2D eigenvalue weighted by atomic mass is 16.5. The summed E-state index contributed by atoms with van der Waals surface area (Å²) in [7, 11) is 1.68. The third-order valence-electron chi connectivity index (χ3n) is 5.97. The molecule has 2 aromatic carbocycles. The molecule has 0 aromatic heterocycles. The molecule has 2 saturated heterocycles. The minimum absolute atomic E-state index is 0.162. The number of para-hydroxylation sites is 1. The lowest BCUT2D eigenvalue weighted by atomic mass is 9.73. The van der Waals surface area contributed by atoms with Crippen LogP contribution in [-0.2, 0) is 16.0 Å². The monoisotopic (exact) mass is 381 g/mol. The molecule has 0 saturated carbocycles. The Morgan fingerprint density at radius 2 is 1.82 bits per heavy atom. The van der Waals surface area contributed by atoms with Gasteiger partial charge < -0.3 is 19.5 Å². The molecule has 2 fully saturated rings. The normalized spacial score (nSPS) is 19.1. The van der Waals surface area contributed by atoms with Crippen molar-refractivity contribution in [1.82, 2.24) is 4.90 Å². The number of rotatable bonds is 5. The van der Waals surface area contributed by atoms with Crippen molar-refractivity contribution in [3.63, 3.8) is 0 Å². The summed E-state index contributed by atoms with van der Waals surface area (Å²) >= 11 is 0. The van der Waals surface area contributed by atoms with Gasteiger partial charge in [0, 0.05) is 31.9 Å². The summed E-state index contributed by atoms with van der Waals surface area (Å²) in [5, 5.41) is 9.59. The lowest BCUT2D eigenvalue weighted by Gasteiger charge is -2.45. The number of methoxy groups -OCH3 is 1. The van der Waals surface area contributed by atoms with Crippen molar-refractivity contribution in [3.05, 3.63) is 54.1 Å². The Labute approximate surface area is 165 Å². The van der Waals surface area contributed by atoms with E-state index in [0.29, 0.717) is 32.7 Å². The maximum atomic E-state index is 13.2. The van der Waals surface area contributed by atoms with Crippen molar-refractivity contribution in [1.29, 1.82) is 0 Å².